The summed E-state index contributed by atoms with van der Waals surface area (Å²) >= 11 is 1.74. The summed E-state index contributed by atoms with van der Waals surface area (Å²) in [6.45, 7) is 4.74. The Kier molecular flexibility index (Phi) is 3.82. The number of rotatable bonds is 4. The van der Waals surface area contributed by atoms with E-state index in [0.717, 1.165) is 11.3 Å². The first-order valence-electron chi connectivity index (χ1n) is 5.76. The van der Waals surface area contributed by atoms with E-state index >= 15 is 0 Å². The Morgan fingerprint density at radius 2 is 2.00 bits per heavy atom. The number of aryl methyl sites for hydroxylation is 1. The normalized spacial score (nSPS) is 12.4. The summed E-state index contributed by atoms with van der Waals surface area (Å²) in [5.41, 5.74) is 7.34. The number of nitrogens with two attached hydrogens (primary N) is 1. The highest BCUT2D eigenvalue weighted by Crippen LogP contribution is 2.31. The van der Waals surface area contributed by atoms with Crippen LogP contribution >= 0.6 is 11.3 Å². The molecule has 2 rings (SSSR count). The van der Waals surface area contributed by atoms with Gasteiger partial charge < -0.3 is 10.5 Å². The predicted octanol–water partition coefficient (Wildman–Crippen LogP) is 3.50. The van der Waals surface area contributed by atoms with E-state index in [-0.39, 0.29) is 6.04 Å². The van der Waals surface area contributed by atoms with Crippen molar-refractivity contribution >= 4 is 11.3 Å². The fraction of sp³-hybridized carbons (Fsp3) is 0.286. The van der Waals surface area contributed by atoms with Crippen LogP contribution in [0.15, 0.2) is 36.4 Å². The van der Waals surface area contributed by atoms with Crippen LogP contribution in [0.1, 0.15) is 28.3 Å². The van der Waals surface area contributed by atoms with Crippen LogP contribution < -0.4 is 10.5 Å². The highest BCUT2D eigenvalue weighted by atomic mass is 32.1. The molecule has 0 aliphatic carbocycles. The molecule has 1 unspecified atom stereocenters. The maximum atomic E-state index is 6.29. The van der Waals surface area contributed by atoms with Crippen molar-refractivity contribution in [1.82, 2.24) is 0 Å². The van der Waals surface area contributed by atoms with Gasteiger partial charge in [-0.05, 0) is 32.0 Å². The summed E-state index contributed by atoms with van der Waals surface area (Å²) < 4.78 is 5.61. The van der Waals surface area contributed by atoms with E-state index in [4.69, 9.17) is 10.5 Å². The molecule has 0 fully saturated rings. The SMILES string of the molecule is CCOc1ccccc1C(N)c1ccc(C)s1. The minimum atomic E-state index is -0.101. The quantitative estimate of drug-likeness (QED) is 0.897. The maximum absolute atomic E-state index is 6.29. The molecule has 0 aliphatic rings. The molecule has 1 aromatic heterocycles. The van der Waals surface area contributed by atoms with Crippen molar-refractivity contribution in [2.45, 2.75) is 19.9 Å². The van der Waals surface area contributed by atoms with Crippen molar-refractivity contribution in [3.63, 3.8) is 0 Å². The van der Waals surface area contributed by atoms with E-state index in [0.29, 0.717) is 6.61 Å². The fourth-order valence-corrected chi connectivity index (χ4v) is 2.70. The summed E-state index contributed by atoms with van der Waals surface area (Å²) in [6, 6.07) is 12.1. The van der Waals surface area contributed by atoms with Gasteiger partial charge in [-0.1, -0.05) is 18.2 Å². The first-order valence-corrected chi connectivity index (χ1v) is 6.57. The molecule has 1 heterocycles. The van der Waals surface area contributed by atoms with Crippen molar-refractivity contribution in [3.05, 3.63) is 51.7 Å². The van der Waals surface area contributed by atoms with Crippen molar-refractivity contribution < 1.29 is 4.74 Å². The minimum absolute atomic E-state index is 0.101. The van der Waals surface area contributed by atoms with Gasteiger partial charge in [0.05, 0.1) is 12.6 Å². The zero-order valence-corrected chi connectivity index (χ0v) is 11.0. The van der Waals surface area contributed by atoms with Crippen LogP contribution in [0.2, 0.25) is 0 Å². The zero-order chi connectivity index (χ0) is 12.3. The van der Waals surface area contributed by atoms with E-state index in [2.05, 4.69) is 19.1 Å². The van der Waals surface area contributed by atoms with E-state index in [1.54, 1.807) is 11.3 Å². The molecule has 1 aromatic carbocycles. The summed E-state index contributed by atoms with van der Waals surface area (Å²) in [7, 11) is 0. The molecule has 2 nitrogen and oxygen atoms in total. The largest absolute Gasteiger partial charge is 0.494 e. The van der Waals surface area contributed by atoms with E-state index in [1.807, 2.05) is 31.2 Å². The lowest BCUT2D eigenvalue weighted by Crippen LogP contribution is -2.12. The molecule has 3 heteroatoms. The number of ether oxygens (including phenoxy) is 1. The monoisotopic (exact) mass is 247 g/mol. The number of benzene rings is 1. The van der Waals surface area contributed by atoms with E-state index in [1.165, 1.54) is 9.75 Å². The third kappa shape index (κ3) is 2.68. The summed E-state index contributed by atoms with van der Waals surface area (Å²) in [4.78, 5) is 2.46. The second-order valence-corrected chi connectivity index (χ2v) is 5.22. The van der Waals surface area contributed by atoms with Gasteiger partial charge in [-0.3, -0.25) is 0 Å². The van der Waals surface area contributed by atoms with Crippen LogP contribution in [0.5, 0.6) is 5.75 Å². The molecule has 0 saturated heterocycles. The highest BCUT2D eigenvalue weighted by molar-refractivity contribution is 7.12. The van der Waals surface area contributed by atoms with Gasteiger partial charge in [0.15, 0.2) is 0 Å². The zero-order valence-electron chi connectivity index (χ0n) is 10.1. The Morgan fingerprint density at radius 3 is 2.65 bits per heavy atom. The van der Waals surface area contributed by atoms with Gasteiger partial charge in [0.25, 0.3) is 0 Å². The Bertz CT molecular complexity index is 492. The number of para-hydroxylation sites is 1. The molecular formula is C14H17NOS. The molecule has 90 valence electrons. The Hall–Kier alpha value is -1.32. The first-order chi connectivity index (χ1) is 8.22. The van der Waals surface area contributed by atoms with Crippen molar-refractivity contribution in [1.29, 1.82) is 0 Å². The van der Waals surface area contributed by atoms with Gasteiger partial charge in [-0.15, -0.1) is 11.3 Å². The van der Waals surface area contributed by atoms with Gasteiger partial charge in [-0.25, -0.2) is 0 Å². The number of hydrogen-bond donors (Lipinski definition) is 1. The van der Waals surface area contributed by atoms with Crippen LogP contribution in [0.4, 0.5) is 0 Å². The molecule has 0 saturated carbocycles. The fourth-order valence-electron chi connectivity index (χ4n) is 1.80. The lowest BCUT2D eigenvalue weighted by Gasteiger charge is -2.15. The van der Waals surface area contributed by atoms with Crippen LogP contribution in [0.3, 0.4) is 0 Å². The molecule has 0 aliphatic heterocycles. The Morgan fingerprint density at radius 1 is 1.24 bits per heavy atom. The smallest absolute Gasteiger partial charge is 0.124 e. The van der Waals surface area contributed by atoms with Crippen LogP contribution in [-0.4, -0.2) is 6.61 Å². The standard InChI is InChI=1S/C14H17NOS/c1-3-16-12-7-5-4-6-11(12)14(15)13-9-8-10(2)17-13/h4-9,14H,3,15H2,1-2H3. The second-order valence-electron chi connectivity index (χ2n) is 3.90. The van der Waals surface area contributed by atoms with Crippen LogP contribution in [0.25, 0.3) is 0 Å². The number of thiophene rings is 1. The average Bonchev–Trinajstić information content (AvgIpc) is 2.76. The molecule has 2 N–H and O–H groups in total. The molecular weight excluding hydrogens is 230 g/mol. The van der Waals surface area contributed by atoms with Gasteiger partial charge in [0.1, 0.15) is 5.75 Å². The third-order valence-electron chi connectivity index (χ3n) is 2.62. The molecule has 17 heavy (non-hydrogen) atoms. The molecule has 1 atom stereocenters. The average molecular weight is 247 g/mol. The predicted molar refractivity (Wildman–Crippen MR) is 72.7 cm³/mol. The van der Waals surface area contributed by atoms with Crippen molar-refractivity contribution in [2.24, 2.45) is 5.73 Å². The Balaban J connectivity index is 2.33. The molecule has 0 radical (unpaired) electrons. The Labute approximate surface area is 106 Å². The first kappa shape index (κ1) is 12.1. The lowest BCUT2D eigenvalue weighted by atomic mass is 10.1. The third-order valence-corrected chi connectivity index (χ3v) is 3.71. The highest BCUT2D eigenvalue weighted by Gasteiger charge is 2.15. The van der Waals surface area contributed by atoms with Gasteiger partial charge >= 0.3 is 0 Å². The maximum Gasteiger partial charge on any atom is 0.124 e. The lowest BCUT2D eigenvalue weighted by molar-refractivity contribution is 0.335. The van der Waals surface area contributed by atoms with Crippen molar-refractivity contribution in [3.8, 4) is 5.75 Å². The topological polar surface area (TPSA) is 35.2 Å². The van der Waals surface area contributed by atoms with E-state index in [9.17, 15) is 0 Å². The van der Waals surface area contributed by atoms with Crippen LogP contribution in [-0.2, 0) is 0 Å². The van der Waals surface area contributed by atoms with Gasteiger partial charge in [-0.2, -0.15) is 0 Å². The van der Waals surface area contributed by atoms with Crippen molar-refractivity contribution in [2.75, 3.05) is 6.61 Å². The second kappa shape index (κ2) is 5.34. The molecule has 0 amide bonds. The van der Waals surface area contributed by atoms with Gasteiger partial charge in [0.2, 0.25) is 0 Å². The van der Waals surface area contributed by atoms with E-state index < -0.39 is 0 Å². The summed E-state index contributed by atoms with van der Waals surface area (Å²) in [5, 5.41) is 0. The van der Waals surface area contributed by atoms with Crippen LogP contribution in [0, 0.1) is 6.92 Å². The molecule has 0 spiro atoms. The molecule has 0 bridgehead atoms. The number of hydrogen-bond acceptors (Lipinski definition) is 3. The minimum Gasteiger partial charge on any atom is -0.494 e. The summed E-state index contributed by atoms with van der Waals surface area (Å²) in [6.07, 6.45) is 0. The van der Waals surface area contributed by atoms with Gasteiger partial charge in [0, 0.05) is 15.3 Å². The summed E-state index contributed by atoms with van der Waals surface area (Å²) in [5.74, 6) is 0.883. The molecule has 2 aromatic rings.